The van der Waals surface area contributed by atoms with Crippen molar-refractivity contribution in [3.8, 4) is 0 Å². The third kappa shape index (κ3) is 4.66. The number of esters is 1. The maximum Gasteiger partial charge on any atom is 0.308 e. The van der Waals surface area contributed by atoms with Crippen molar-refractivity contribution in [3.05, 3.63) is 54.1 Å². The standard InChI is InChI=1S/C19H16F2N2O4S/c1-10(18(25)22-11-6-7-12(20)13(21)8-11)27-17(24)9-16-19(26)23-14-4-2-3-5-15(14)28-16/h2-8,10,16H,9H2,1H3,(H,22,25)(H,23,26)/t10-,16-/m1/s1. The topological polar surface area (TPSA) is 84.5 Å². The molecule has 2 atom stereocenters. The van der Waals surface area contributed by atoms with E-state index in [1.54, 1.807) is 12.1 Å². The van der Waals surface area contributed by atoms with Gasteiger partial charge in [-0.1, -0.05) is 12.1 Å². The van der Waals surface area contributed by atoms with Gasteiger partial charge in [0.1, 0.15) is 0 Å². The maximum absolute atomic E-state index is 13.2. The number of ether oxygens (including phenoxy) is 1. The lowest BCUT2D eigenvalue weighted by Crippen LogP contribution is -2.34. The highest BCUT2D eigenvalue weighted by atomic mass is 32.2. The molecule has 0 saturated carbocycles. The molecule has 2 amide bonds. The van der Waals surface area contributed by atoms with E-state index in [0.29, 0.717) is 5.69 Å². The highest BCUT2D eigenvalue weighted by molar-refractivity contribution is 8.01. The van der Waals surface area contributed by atoms with Crippen LogP contribution in [0.25, 0.3) is 0 Å². The van der Waals surface area contributed by atoms with Gasteiger partial charge in [-0.25, -0.2) is 8.78 Å². The normalized spacial score (nSPS) is 16.5. The molecule has 0 unspecified atom stereocenters. The van der Waals surface area contributed by atoms with Crippen molar-refractivity contribution in [2.75, 3.05) is 10.6 Å². The number of fused-ring (bicyclic) bond motifs is 1. The number of carbonyl (C=O) groups excluding carboxylic acids is 3. The Bertz CT molecular complexity index is 938. The largest absolute Gasteiger partial charge is 0.452 e. The molecule has 0 bridgehead atoms. The average molecular weight is 406 g/mol. The summed E-state index contributed by atoms with van der Waals surface area (Å²) < 4.78 is 31.2. The smallest absolute Gasteiger partial charge is 0.308 e. The van der Waals surface area contributed by atoms with Gasteiger partial charge in [-0.2, -0.15) is 0 Å². The lowest BCUT2D eigenvalue weighted by Gasteiger charge is -2.23. The third-order valence-corrected chi connectivity index (χ3v) is 5.20. The van der Waals surface area contributed by atoms with Crippen molar-refractivity contribution < 1.29 is 27.9 Å². The number of hydrogen-bond acceptors (Lipinski definition) is 5. The van der Waals surface area contributed by atoms with Gasteiger partial charge < -0.3 is 15.4 Å². The molecule has 28 heavy (non-hydrogen) atoms. The lowest BCUT2D eigenvalue weighted by molar-refractivity contribution is -0.153. The SMILES string of the molecule is C[C@@H](OC(=O)C[C@H]1Sc2ccccc2NC1=O)C(=O)Nc1ccc(F)c(F)c1. The van der Waals surface area contributed by atoms with E-state index in [-0.39, 0.29) is 18.0 Å². The molecular formula is C19H16F2N2O4S. The quantitative estimate of drug-likeness (QED) is 0.744. The summed E-state index contributed by atoms with van der Waals surface area (Å²) in [6.07, 6.45) is -1.39. The van der Waals surface area contributed by atoms with Crippen LogP contribution in [0.1, 0.15) is 13.3 Å². The molecule has 9 heteroatoms. The minimum atomic E-state index is -1.18. The molecular weight excluding hydrogens is 390 g/mol. The second-order valence-electron chi connectivity index (χ2n) is 6.05. The summed E-state index contributed by atoms with van der Waals surface area (Å²) in [7, 11) is 0. The molecule has 2 N–H and O–H groups in total. The van der Waals surface area contributed by atoms with Gasteiger partial charge in [-0.3, -0.25) is 14.4 Å². The van der Waals surface area contributed by atoms with Crippen molar-refractivity contribution in [3.63, 3.8) is 0 Å². The zero-order valence-corrected chi connectivity index (χ0v) is 15.5. The summed E-state index contributed by atoms with van der Waals surface area (Å²) in [5.74, 6) is -3.89. The first-order chi connectivity index (χ1) is 13.3. The van der Waals surface area contributed by atoms with Crippen LogP contribution in [0.15, 0.2) is 47.4 Å². The molecule has 146 valence electrons. The number of thioether (sulfide) groups is 1. The molecule has 1 heterocycles. The van der Waals surface area contributed by atoms with Gasteiger partial charge in [0, 0.05) is 16.6 Å². The summed E-state index contributed by atoms with van der Waals surface area (Å²) in [5, 5.41) is 4.38. The van der Waals surface area contributed by atoms with E-state index in [1.165, 1.54) is 24.8 Å². The van der Waals surface area contributed by atoms with Gasteiger partial charge in [0.2, 0.25) is 5.91 Å². The summed E-state index contributed by atoms with van der Waals surface area (Å²) in [6, 6.07) is 10.1. The number of nitrogens with one attached hydrogen (secondary N) is 2. The zero-order chi connectivity index (χ0) is 20.3. The van der Waals surface area contributed by atoms with Gasteiger partial charge in [0.05, 0.1) is 17.4 Å². The minimum Gasteiger partial charge on any atom is -0.452 e. The Hall–Kier alpha value is -2.94. The lowest BCUT2D eigenvalue weighted by atomic mass is 10.2. The number of anilines is 2. The fraction of sp³-hybridized carbons (Fsp3) is 0.211. The Morgan fingerprint density at radius 2 is 1.96 bits per heavy atom. The van der Waals surface area contributed by atoms with E-state index < -0.39 is 34.9 Å². The van der Waals surface area contributed by atoms with Gasteiger partial charge in [0.25, 0.3) is 5.91 Å². The Labute approximate surface area is 163 Å². The number of benzene rings is 2. The van der Waals surface area contributed by atoms with E-state index in [1.807, 2.05) is 12.1 Å². The molecule has 0 radical (unpaired) electrons. The zero-order valence-electron chi connectivity index (χ0n) is 14.7. The first kappa shape index (κ1) is 19.8. The predicted molar refractivity (Wildman–Crippen MR) is 99.9 cm³/mol. The maximum atomic E-state index is 13.2. The molecule has 0 saturated heterocycles. The van der Waals surface area contributed by atoms with Crippen molar-refractivity contribution >= 4 is 40.9 Å². The molecule has 0 aliphatic carbocycles. The summed E-state index contributed by atoms with van der Waals surface area (Å²) in [6.45, 7) is 1.34. The molecule has 3 rings (SSSR count). The molecule has 0 aromatic heterocycles. The second-order valence-corrected chi connectivity index (χ2v) is 7.29. The van der Waals surface area contributed by atoms with Crippen molar-refractivity contribution in [1.82, 2.24) is 0 Å². The van der Waals surface area contributed by atoms with Crippen LogP contribution < -0.4 is 10.6 Å². The molecule has 6 nitrogen and oxygen atoms in total. The van der Waals surface area contributed by atoms with Crippen molar-refractivity contribution in [2.45, 2.75) is 29.6 Å². The van der Waals surface area contributed by atoms with Crippen molar-refractivity contribution in [2.24, 2.45) is 0 Å². The summed E-state index contributed by atoms with van der Waals surface area (Å²) in [4.78, 5) is 37.2. The number of para-hydroxylation sites is 1. The van der Waals surface area contributed by atoms with Crippen LogP contribution >= 0.6 is 11.8 Å². The van der Waals surface area contributed by atoms with E-state index in [0.717, 1.165) is 17.0 Å². The van der Waals surface area contributed by atoms with Crippen LogP contribution in [0.5, 0.6) is 0 Å². The Morgan fingerprint density at radius 1 is 1.21 bits per heavy atom. The van der Waals surface area contributed by atoms with Gasteiger partial charge in [-0.05, 0) is 31.2 Å². The van der Waals surface area contributed by atoms with E-state index in [2.05, 4.69) is 10.6 Å². The fourth-order valence-electron chi connectivity index (χ4n) is 2.49. The number of amides is 2. The number of hydrogen-bond donors (Lipinski definition) is 2. The molecule has 2 aromatic rings. The third-order valence-electron chi connectivity index (χ3n) is 3.92. The number of rotatable bonds is 5. The Kier molecular flexibility index (Phi) is 5.93. The van der Waals surface area contributed by atoms with Gasteiger partial charge in [-0.15, -0.1) is 11.8 Å². The minimum absolute atomic E-state index is 0.0330. The Balaban J connectivity index is 1.54. The average Bonchev–Trinajstić information content (AvgIpc) is 2.65. The van der Waals surface area contributed by atoms with Gasteiger partial charge >= 0.3 is 5.97 Å². The van der Waals surface area contributed by atoms with E-state index in [9.17, 15) is 23.2 Å². The van der Waals surface area contributed by atoms with E-state index >= 15 is 0 Å². The second kappa shape index (κ2) is 8.39. The first-order valence-corrected chi connectivity index (χ1v) is 9.23. The molecule has 0 fully saturated rings. The van der Waals surface area contributed by atoms with Crippen molar-refractivity contribution in [1.29, 1.82) is 0 Å². The van der Waals surface area contributed by atoms with Crippen LogP contribution in [-0.2, 0) is 19.1 Å². The monoisotopic (exact) mass is 406 g/mol. The van der Waals surface area contributed by atoms with Crippen LogP contribution in [0.2, 0.25) is 0 Å². The highest BCUT2D eigenvalue weighted by Crippen LogP contribution is 2.36. The molecule has 1 aliphatic rings. The Morgan fingerprint density at radius 3 is 2.71 bits per heavy atom. The highest BCUT2D eigenvalue weighted by Gasteiger charge is 2.30. The predicted octanol–water partition coefficient (Wildman–Crippen LogP) is 3.34. The molecule has 0 spiro atoms. The number of carbonyl (C=O) groups is 3. The molecule has 1 aliphatic heterocycles. The summed E-state index contributed by atoms with van der Waals surface area (Å²) in [5.41, 5.74) is 0.715. The first-order valence-electron chi connectivity index (χ1n) is 8.35. The van der Waals surface area contributed by atoms with Crippen LogP contribution in [-0.4, -0.2) is 29.1 Å². The van der Waals surface area contributed by atoms with Gasteiger partial charge in [0.15, 0.2) is 17.7 Å². The molecule has 2 aromatic carbocycles. The van der Waals surface area contributed by atoms with E-state index in [4.69, 9.17) is 4.74 Å². The van der Waals surface area contributed by atoms with Crippen LogP contribution in [0.3, 0.4) is 0 Å². The van der Waals surface area contributed by atoms with Crippen LogP contribution in [0, 0.1) is 11.6 Å². The summed E-state index contributed by atoms with van der Waals surface area (Å²) >= 11 is 1.24. The fourth-order valence-corrected chi connectivity index (χ4v) is 3.59. The van der Waals surface area contributed by atoms with Crippen LogP contribution in [0.4, 0.5) is 20.2 Å². The number of halogens is 2.